The van der Waals surface area contributed by atoms with E-state index in [4.69, 9.17) is 0 Å². The minimum absolute atomic E-state index is 0.0539. The zero-order valence-electron chi connectivity index (χ0n) is 19.9. The molecule has 1 unspecified atom stereocenters. The molecule has 2 saturated heterocycles. The molecule has 0 aliphatic carbocycles. The standard InChI is InChI=1S/C26H35N5O2/c1-18(2)19(3)26(33)30-14-10-21(11-15-30)20-6-8-23(9-7-20)28-25(32)22-12-16-31(17-22)24-5-4-13-27-29-24/h4-9,13,18-19,21-22H,10-12,14-17H2,1-3H3,(H,28,32)/t19?,22-/m0/s1. The lowest BCUT2D eigenvalue weighted by atomic mass is 9.88. The largest absolute Gasteiger partial charge is 0.354 e. The van der Waals surface area contributed by atoms with Gasteiger partial charge in [0.1, 0.15) is 0 Å². The number of carbonyl (C=O) groups excluding carboxylic acids is 2. The predicted molar refractivity (Wildman–Crippen MR) is 130 cm³/mol. The van der Waals surface area contributed by atoms with Gasteiger partial charge in [0.25, 0.3) is 0 Å². The minimum Gasteiger partial charge on any atom is -0.354 e. The first-order valence-corrected chi connectivity index (χ1v) is 12.1. The van der Waals surface area contributed by atoms with Crippen LogP contribution in [0.4, 0.5) is 11.5 Å². The van der Waals surface area contributed by atoms with Gasteiger partial charge in [0.2, 0.25) is 11.8 Å². The SMILES string of the molecule is CC(C)C(C)C(=O)N1CCC(c2ccc(NC(=O)[C@H]3CCN(c4cccnn4)C3)cc2)CC1. The summed E-state index contributed by atoms with van der Waals surface area (Å²) in [5, 5.41) is 11.2. The molecule has 176 valence electrons. The van der Waals surface area contributed by atoms with Gasteiger partial charge in [-0.3, -0.25) is 9.59 Å². The van der Waals surface area contributed by atoms with E-state index < -0.39 is 0 Å². The van der Waals surface area contributed by atoms with Gasteiger partial charge in [-0.25, -0.2) is 0 Å². The Labute approximate surface area is 196 Å². The molecule has 7 nitrogen and oxygen atoms in total. The fourth-order valence-electron chi connectivity index (χ4n) is 4.73. The maximum Gasteiger partial charge on any atom is 0.229 e. The van der Waals surface area contributed by atoms with Crippen LogP contribution in [0.3, 0.4) is 0 Å². The van der Waals surface area contributed by atoms with Gasteiger partial charge in [-0.2, -0.15) is 5.10 Å². The lowest BCUT2D eigenvalue weighted by Crippen LogP contribution is -2.41. The average molecular weight is 450 g/mol. The van der Waals surface area contributed by atoms with Gasteiger partial charge in [0.15, 0.2) is 5.82 Å². The Balaban J connectivity index is 1.27. The minimum atomic E-state index is -0.0539. The van der Waals surface area contributed by atoms with E-state index in [-0.39, 0.29) is 23.7 Å². The summed E-state index contributed by atoms with van der Waals surface area (Å²) in [6, 6.07) is 12.0. The Hall–Kier alpha value is -2.96. The number of benzene rings is 1. The molecule has 4 rings (SSSR count). The first-order chi connectivity index (χ1) is 15.9. The second-order valence-electron chi connectivity index (χ2n) is 9.76. The van der Waals surface area contributed by atoms with Gasteiger partial charge in [0.05, 0.1) is 5.92 Å². The van der Waals surface area contributed by atoms with Crippen LogP contribution in [0.25, 0.3) is 0 Å². The molecule has 2 amide bonds. The van der Waals surface area contributed by atoms with E-state index in [1.54, 1.807) is 6.20 Å². The molecular weight excluding hydrogens is 414 g/mol. The van der Waals surface area contributed by atoms with E-state index in [2.05, 4.69) is 46.4 Å². The topological polar surface area (TPSA) is 78.4 Å². The normalized spacial score (nSPS) is 20.2. The van der Waals surface area contributed by atoms with Gasteiger partial charge in [-0.1, -0.05) is 32.9 Å². The van der Waals surface area contributed by atoms with Crippen LogP contribution < -0.4 is 10.2 Å². The Bertz CT molecular complexity index is 939. The molecule has 2 aliphatic heterocycles. The van der Waals surface area contributed by atoms with Crippen molar-refractivity contribution in [3.63, 3.8) is 0 Å². The van der Waals surface area contributed by atoms with Crippen molar-refractivity contribution in [3.8, 4) is 0 Å². The molecule has 3 heterocycles. The molecule has 0 spiro atoms. The second-order valence-corrected chi connectivity index (χ2v) is 9.76. The molecule has 2 aliphatic rings. The van der Waals surface area contributed by atoms with E-state index >= 15 is 0 Å². The summed E-state index contributed by atoms with van der Waals surface area (Å²) in [5.41, 5.74) is 2.12. The Kier molecular flexibility index (Phi) is 7.26. The fourth-order valence-corrected chi connectivity index (χ4v) is 4.73. The molecule has 0 radical (unpaired) electrons. The van der Waals surface area contributed by atoms with Crippen LogP contribution in [0.2, 0.25) is 0 Å². The molecule has 0 saturated carbocycles. The van der Waals surface area contributed by atoms with Crippen molar-refractivity contribution in [1.29, 1.82) is 0 Å². The van der Waals surface area contributed by atoms with E-state index in [1.165, 1.54) is 5.56 Å². The highest BCUT2D eigenvalue weighted by Gasteiger charge is 2.30. The Morgan fingerprint density at radius 1 is 1.00 bits per heavy atom. The predicted octanol–water partition coefficient (Wildman–Crippen LogP) is 3.94. The summed E-state index contributed by atoms with van der Waals surface area (Å²) < 4.78 is 0. The zero-order valence-corrected chi connectivity index (χ0v) is 19.9. The van der Waals surface area contributed by atoms with E-state index in [0.717, 1.165) is 50.4 Å². The number of likely N-dealkylation sites (tertiary alicyclic amines) is 1. The summed E-state index contributed by atoms with van der Waals surface area (Å²) in [7, 11) is 0. The number of hydrogen-bond acceptors (Lipinski definition) is 5. The maximum absolute atomic E-state index is 12.8. The first kappa shape index (κ1) is 23.2. The van der Waals surface area contributed by atoms with Crippen LogP contribution >= 0.6 is 0 Å². The molecule has 33 heavy (non-hydrogen) atoms. The smallest absolute Gasteiger partial charge is 0.229 e. The van der Waals surface area contributed by atoms with Gasteiger partial charge < -0.3 is 15.1 Å². The third-order valence-electron chi connectivity index (χ3n) is 7.29. The molecule has 7 heteroatoms. The molecular formula is C26H35N5O2. The average Bonchev–Trinajstić information content (AvgIpc) is 3.35. The fraction of sp³-hybridized carbons (Fsp3) is 0.538. The van der Waals surface area contributed by atoms with Gasteiger partial charge >= 0.3 is 0 Å². The highest BCUT2D eigenvalue weighted by Crippen LogP contribution is 2.30. The summed E-state index contributed by atoms with van der Waals surface area (Å²) in [6.07, 6.45) is 4.45. The second kappa shape index (κ2) is 10.3. The van der Waals surface area contributed by atoms with Crippen LogP contribution in [0, 0.1) is 17.8 Å². The Morgan fingerprint density at radius 2 is 1.73 bits per heavy atom. The van der Waals surface area contributed by atoms with Gasteiger partial charge in [0, 0.05) is 44.0 Å². The number of piperidine rings is 1. The summed E-state index contributed by atoms with van der Waals surface area (Å²) in [5.74, 6) is 2.02. The van der Waals surface area contributed by atoms with Crippen molar-refractivity contribution < 1.29 is 9.59 Å². The quantitative estimate of drug-likeness (QED) is 0.723. The van der Waals surface area contributed by atoms with Crippen LogP contribution in [0.15, 0.2) is 42.6 Å². The van der Waals surface area contributed by atoms with Crippen LogP contribution in [-0.4, -0.2) is 53.1 Å². The van der Waals surface area contributed by atoms with Crippen LogP contribution in [0.1, 0.15) is 51.5 Å². The van der Waals surface area contributed by atoms with Crippen molar-refractivity contribution in [2.45, 2.75) is 46.0 Å². The van der Waals surface area contributed by atoms with Crippen LogP contribution in [-0.2, 0) is 9.59 Å². The van der Waals surface area contributed by atoms with E-state index in [9.17, 15) is 9.59 Å². The molecule has 1 N–H and O–H groups in total. The number of hydrogen-bond donors (Lipinski definition) is 1. The van der Waals surface area contributed by atoms with Crippen molar-refractivity contribution in [1.82, 2.24) is 15.1 Å². The van der Waals surface area contributed by atoms with Gasteiger partial charge in [-0.15, -0.1) is 5.10 Å². The summed E-state index contributed by atoms with van der Waals surface area (Å²) >= 11 is 0. The summed E-state index contributed by atoms with van der Waals surface area (Å²) in [6.45, 7) is 9.37. The molecule has 2 aromatic rings. The third kappa shape index (κ3) is 5.52. The molecule has 1 aromatic heterocycles. The lowest BCUT2D eigenvalue weighted by Gasteiger charge is -2.34. The number of rotatable bonds is 6. The number of amides is 2. The van der Waals surface area contributed by atoms with Crippen molar-refractivity contribution in [2.24, 2.45) is 17.8 Å². The highest BCUT2D eigenvalue weighted by molar-refractivity contribution is 5.93. The van der Waals surface area contributed by atoms with E-state index in [0.29, 0.717) is 18.4 Å². The van der Waals surface area contributed by atoms with Crippen molar-refractivity contribution in [3.05, 3.63) is 48.2 Å². The zero-order chi connectivity index (χ0) is 23.4. The van der Waals surface area contributed by atoms with Crippen molar-refractivity contribution >= 4 is 23.3 Å². The van der Waals surface area contributed by atoms with Crippen LogP contribution in [0.5, 0.6) is 0 Å². The molecule has 2 atom stereocenters. The number of carbonyl (C=O) groups is 2. The molecule has 2 fully saturated rings. The summed E-state index contributed by atoms with van der Waals surface area (Å²) in [4.78, 5) is 29.5. The highest BCUT2D eigenvalue weighted by atomic mass is 16.2. The molecule has 1 aromatic carbocycles. The lowest BCUT2D eigenvalue weighted by molar-refractivity contribution is -0.137. The number of anilines is 2. The number of aromatic nitrogens is 2. The maximum atomic E-state index is 12.8. The van der Waals surface area contributed by atoms with Gasteiger partial charge in [-0.05, 0) is 60.9 Å². The molecule has 0 bridgehead atoms. The number of nitrogens with one attached hydrogen (secondary N) is 1. The number of nitrogens with zero attached hydrogens (tertiary/aromatic N) is 4. The third-order valence-corrected chi connectivity index (χ3v) is 7.29. The first-order valence-electron chi connectivity index (χ1n) is 12.1. The monoisotopic (exact) mass is 449 g/mol. The van der Waals surface area contributed by atoms with E-state index in [1.807, 2.05) is 36.1 Å². The Morgan fingerprint density at radius 3 is 2.36 bits per heavy atom. The van der Waals surface area contributed by atoms with Crippen molar-refractivity contribution in [2.75, 3.05) is 36.4 Å².